The molecule has 0 saturated carbocycles. The number of benzene rings is 1. The average Bonchev–Trinajstić information content (AvgIpc) is 2.79. The van der Waals surface area contributed by atoms with Gasteiger partial charge < -0.3 is 14.9 Å². The quantitative estimate of drug-likeness (QED) is 0.120. The van der Waals surface area contributed by atoms with Gasteiger partial charge in [-0.2, -0.15) is 4.39 Å². The SMILES string of the molecule is CCCCCCCCCCc1c(O)c(OC(=O)O)c(F)c(F)c1CCCCCCCCCC. The molecule has 6 heteroatoms. The first-order valence-electron chi connectivity index (χ1n) is 13.1. The van der Waals surface area contributed by atoms with Crippen LogP contribution in [0.3, 0.4) is 0 Å². The molecule has 190 valence electrons. The zero-order valence-corrected chi connectivity index (χ0v) is 20.7. The Kier molecular flexibility index (Phi) is 15.6. The number of phenols is 1. The van der Waals surface area contributed by atoms with E-state index in [1.165, 1.54) is 51.4 Å². The number of carbonyl (C=O) groups is 1. The van der Waals surface area contributed by atoms with Crippen LogP contribution in [0, 0.1) is 11.6 Å². The molecule has 1 aromatic rings. The van der Waals surface area contributed by atoms with Gasteiger partial charge in [0.1, 0.15) is 0 Å². The lowest BCUT2D eigenvalue weighted by atomic mass is 9.94. The van der Waals surface area contributed by atoms with E-state index in [2.05, 4.69) is 18.6 Å². The maximum atomic E-state index is 14.9. The van der Waals surface area contributed by atoms with E-state index in [0.717, 1.165) is 44.9 Å². The monoisotopic (exact) mass is 470 g/mol. The van der Waals surface area contributed by atoms with Gasteiger partial charge in [-0.25, -0.2) is 9.18 Å². The molecule has 0 fully saturated rings. The van der Waals surface area contributed by atoms with Crippen molar-refractivity contribution in [2.24, 2.45) is 0 Å². The summed E-state index contributed by atoms with van der Waals surface area (Å²) in [4.78, 5) is 10.9. The summed E-state index contributed by atoms with van der Waals surface area (Å²) in [6, 6.07) is 0. The molecular formula is C27H44F2O4. The zero-order valence-electron chi connectivity index (χ0n) is 20.7. The third kappa shape index (κ3) is 11.2. The van der Waals surface area contributed by atoms with Crippen molar-refractivity contribution in [3.63, 3.8) is 0 Å². The number of halogens is 2. The second-order valence-corrected chi connectivity index (χ2v) is 9.08. The number of carboxylic acid groups (broad SMARTS) is 1. The van der Waals surface area contributed by atoms with Gasteiger partial charge in [0.15, 0.2) is 11.6 Å². The van der Waals surface area contributed by atoms with E-state index in [1.807, 2.05) is 0 Å². The molecule has 2 N–H and O–H groups in total. The van der Waals surface area contributed by atoms with Crippen molar-refractivity contribution in [2.45, 2.75) is 129 Å². The van der Waals surface area contributed by atoms with Crippen molar-refractivity contribution in [3.8, 4) is 11.5 Å². The first-order valence-corrected chi connectivity index (χ1v) is 13.1. The molecule has 4 nitrogen and oxygen atoms in total. The van der Waals surface area contributed by atoms with Crippen molar-refractivity contribution >= 4 is 6.16 Å². The predicted molar refractivity (Wildman–Crippen MR) is 129 cm³/mol. The zero-order chi connectivity index (χ0) is 24.5. The molecule has 1 rings (SSSR count). The smallest absolute Gasteiger partial charge is 0.504 e. The molecule has 0 aliphatic carbocycles. The van der Waals surface area contributed by atoms with Crippen LogP contribution >= 0.6 is 0 Å². The van der Waals surface area contributed by atoms with Crippen molar-refractivity contribution in [2.75, 3.05) is 0 Å². The van der Waals surface area contributed by atoms with E-state index in [0.29, 0.717) is 24.8 Å². The number of hydrogen-bond acceptors (Lipinski definition) is 3. The largest absolute Gasteiger partial charge is 0.511 e. The van der Waals surface area contributed by atoms with Crippen LogP contribution in [0.1, 0.15) is 128 Å². The van der Waals surface area contributed by atoms with Gasteiger partial charge in [-0.05, 0) is 31.2 Å². The van der Waals surface area contributed by atoms with E-state index in [-0.39, 0.29) is 5.56 Å². The number of hydrogen-bond donors (Lipinski definition) is 2. The third-order valence-corrected chi connectivity index (χ3v) is 6.27. The standard InChI is InChI=1S/C27H44F2O4/c1-3-5-7-9-11-13-15-17-19-21-22(20-18-16-14-12-10-8-6-4-2)25(30)26(33-27(31)32)24(29)23(21)28/h30H,3-20H2,1-2H3,(H,31,32). The molecule has 0 heterocycles. The lowest BCUT2D eigenvalue weighted by Crippen LogP contribution is -2.10. The molecule has 0 aliphatic heterocycles. The van der Waals surface area contributed by atoms with Crippen molar-refractivity contribution in [3.05, 3.63) is 22.8 Å². The highest BCUT2D eigenvalue weighted by atomic mass is 19.2. The minimum absolute atomic E-state index is 0.164. The van der Waals surface area contributed by atoms with Crippen LogP contribution in [-0.2, 0) is 12.8 Å². The molecule has 0 radical (unpaired) electrons. The van der Waals surface area contributed by atoms with Crippen LogP contribution in [0.4, 0.5) is 13.6 Å². The summed E-state index contributed by atoms with van der Waals surface area (Å²) in [5.74, 6) is -4.02. The van der Waals surface area contributed by atoms with Crippen molar-refractivity contribution in [1.29, 1.82) is 0 Å². The number of aromatic hydroxyl groups is 1. The Morgan fingerprint density at radius 2 is 1.06 bits per heavy atom. The highest BCUT2D eigenvalue weighted by molar-refractivity contribution is 5.64. The molecule has 0 atom stereocenters. The van der Waals surface area contributed by atoms with Gasteiger partial charge in [0.25, 0.3) is 0 Å². The highest BCUT2D eigenvalue weighted by Gasteiger charge is 2.26. The summed E-state index contributed by atoms with van der Waals surface area (Å²) < 4.78 is 33.7. The third-order valence-electron chi connectivity index (χ3n) is 6.27. The Labute approximate surface area is 198 Å². The molecule has 1 aromatic carbocycles. The summed E-state index contributed by atoms with van der Waals surface area (Å²) in [5, 5.41) is 19.4. The molecule has 0 aliphatic rings. The number of ether oxygens (including phenoxy) is 1. The fourth-order valence-corrected chi connectivity index (χ4v) is 4.33. The van der Waals surface area contributed by atoms with E-state index in [1.54, 1.807) is 0 Å². The maximum Gasteiger partial charge on any atom is 0.511 e. The Morgan fingerprint density at radius 3 is 1.48 bits per heavy atom. The second kappa shape index (κ2) is 17.6. The Bertz CT molecular complexity index is 691. The van der Waals surface area contributed by atoms with Crippen LogP contribution in [0.2, 0.25) is 0 Å². The van der Waals surface area contributed by atoms with E-state index in [4.69, 9.17) is 5.11 Å². The molecule has 0 aromatic heterocycles. The summed E-state index contributed by atoms with van der Waals surface area (Å²) in [7, 11) is 0. The van der Waals surface area contributed by atoms with Gasteiger partial charge in [-0.15, -0.1) is 0 Å². The van der Waals surface area contributed by atoms with Crippen molar-refractivity contribution in [1.82, 2.24) is 0 Å². The molecule has 0 amide bonds. The molecule has 0 unspecified atom stereocenters. The van der Waals surface area contributed by atoms with Crippen LogP contribution in [0.5, 0.6) is 11.5 Å². The number of unbranched alkanes of at least 4 members (excludes halogenated alkanes) is 14. The second-order valence-electron chi connectivity index (χ2n) is 9.08. The fourth-order valence-electron chi connectivity index (χ4n) is 4.33. The van der Waals surface area contributed by atoms with E-state index in [9.17, 15) is 18.7 Å². The van der Waals surface area contributed by atoms with E-state index < -0.39 is 29.3 Å². The van der Waals surface area contributed by atoms with Gasteiger partial charge >= 0.3 is 6.16 Å². The lowest BCUT2D eigenvalue weighted by Gasteiger charge is -2.17. The maximum absolute atomic E-state index is 14.9. The predicted octanol–water partition coefficient (Wildman–Crippen LogP) is 9.09. The summed E-state index contributed by atoms with van der Waals surface area (Å²) in [6.45, 7) is 4.36. The molecule has 33 heavy (non-hydrogen) atoms. The highest BCUT2D eigenvalue weighted by Crippen LogP contribution is 2.39. The van der Waals surface area contributed by atoms with Crippen LogP contribution < -0.4 is 4.74 Å². The first kappa shape index (κ1) is 29.2. The number of rotatable bonds is 19. The Morgan fingerprint density at radius 1 is 0.667 bits per heavy atom. The molecule has 0 spiro atoms. The normalized spacial score (nSPS) is 11.2. The van der Waals surface area contributed by atoms with Gasteiger partial charge in [0, 0.05) is 5.56 Å². The molecule has 0 saturated heterocycles. The summed E-state index contributed by atoms with van der Waals surface area (Å²) >= 11 is 0. The first-order chi connectivity index (χ1) is 15.9. The minimum atomic E-state index is -1.78. The topological polar surface area (TPSA) is 66.8 Å². The van der Waals surface area contributed by atoms with Gasteiger partial charge in [0.2, 0.25) is 11.6 Å². The van der Waals surface area contributed by atoms with Gasteiger partial charge in [-0.3, -0.25) is 0 Å². The number of phenolic OH excluding ortho intramolecular Hbond substituents is 1. The van der Waals surface area contributed by atoms with Gasteiger partial charge in [-0.1, -0.05) is 104 Å². The fraction of sp³-hybridized carbons (Fsp3) is 0.741. The molecular weight excluding hydrogens is 426 g/mol. The summed E-state index contributed by atoms with van der Waals surface area (Å²) in [5.41, 5.74) is 0.454. The Balaban J connectivity index is 2.74. The Hall–Kier alpha value is -1.85. The van der Waals surface area contributed by atoms with Crippen LogP contribution in [-0.4, -0.2) is 16.4 Å². The molecule has 0 bridgehead atoms. The summed E-state index contributed by atoms with van der Waals surface area (Å²) in [6.07, 6.45) is 16.3. The van der Waals surface area contributed by atoms with Gasteiger partial charge in [0.05, 0.1) is 0 Å². The van der Waals surface area contributed by atoms with E-state index >= 15 is 0 Å². The average molecular weight is 471 g/mol. The lowest BCUT2D eigenvalue weighted by molar-refractivity contribution is 0.140. The van der Waals surface area contributed by atoms with Crippen molar-refractivity contribution < 1.29 is 28.5 Å². The van der Waals surface area contributed by atoms with Crippen LogP contribution in [0.25, 0.3) is 0 Å². The minimum Gasteiger partial charge on any atom is -0.504 e. The van der Waals surface area contributed by atoms with Crippen LogP contribution in [0.15, 0.2) is 0 Å².